The van der Waals surface area contributed by atoms with Crippen molar-refractivity contribution in [2.45, 2.75) is 0 Å². The Bertz CT molecular complexity index is 827. The number of rotatable bonds is 8. The maximum Gasteiger partial charge on any atom is 0.203 e. The van der Waals surface area contributed by atoms with Gasteiger partial charge < -0.3 is 23.7 Å². The number of hydrogen-bond acceptors (Lipinski definition) is 7. The summed E-state index contributed by atoms with van der Waals surface area (Å²) in [6, 6.07) is 4.67. The van der Waals surface area contributed by atoms with Crippen LogP contribution in [0.1, 0.15) is 20.7 Å². The van der Waals surface area contributed by atoms with Crippen LogP contribution in [-0.4, -0.2) is 48.1 Å². The minimum Gasteiger partial charge on any atom is -0.493 e. The Morgan fingerprint density at radius 1 is 0.615 bits per heavy atom. The van der Waals surface area contributed by atoms with E-state index in [9.17, 15) is 9.59 Å². The number of benzene rings is 2. The van der Waals surface area contributed by atoms with Crippen LogP contribution in [0.25, 0.3) is 11.1 Å². The molecule has 0 aliphatic carbocycles. The van der Waals surface area contributed by atoms with Crippen molar-refractivity contribution in [1.29, 1.82) is 0 Å². The second kappa shape index (κ2) is 8.24. The van der Waals surface area contributed by atoms with Gasteiger partial charge in [0.1, 0.15) is 0 Å². The first-order chi connectivity index (χ1) is 12.6. The SMILES string of the molecule is COc1cc(C=O)c(-c2c(C=O)cc(OC)c(OC)c2OC)cc1OC. The quantitative estimate of drug-likeness (QED) is 0.669. The molecule has 0 unspecified atom stereocenters. The molecule has 0 fully saturated rings. The molecule has 0 saturated heterocycles. The predicted molar refractivity (Wildman–Crippen MR) is 95.4 cm³/mol. The lowest BCUT2D eigenvalue weighted by Gasteiger charge is -2.20. The van der Waals surface area contributed by atoms with E-state index in [0.717, 1.165) is 0 Å². The number of aldehydes is 2. The highest BCUT2D eigenvalue weighted by Gasteiger charge is 2.24. The first-order valence-electron chi connectivity index (χ1n) is 7.59. The van der Waals surface area contributed by atoms with Crippen molar-refractivity contribution in [3.63, 3.8) is 0 Å². The molecule has 0 atom stereocenters. The van der Waals surface area contributed by atoms with Crippen LogP contribution >= 0.6 is 0 Å². The van der Waals surface area contributed by atoms with Gasteiger partial charge in [0, 0.05) is 22.3 Å². The largest absolute Gasteiger partial charge is 0.493 e. The van der Waals surface area contributed by atoms with Crippen molar-refractivity contribution in [1.82, 2.24) is 0 Å². The summed E-state index contributed by atoms with van der Waals surface area (Å²) < 4.78 is 26.7. The third-order valence-corrected chi connectivity index (χ3v) is 3.94. The molecule has 0 aliphatic rings. The fourth-order valence-corrected chi connectivity index (χ4v) is 2.75. The third-order valence-electron chi connectivity index (χ3n) is 3.94. The van der Waals surface area contributed by atoms with Crippen molar-refractivity contribution >= 4 is 12.6 Å². The second-order valence-electron chi connectivity index (χ2n) is 5.14. The van der Waals surface area contributed by atoms with Crippen molar-refractivity contribution in [2.75, 3.05) is 35.5 Å². The van der Waals surface area contributed by atoms with Crippen LogP contribution in [0.2, 0.25) is 0 Å². The molecule has 0 bridgehead atoms. The summed E-state index contributed by atoms with van der Waals surface area (Å²) in [4.78, 5) is 23.4. The Morgan fingerprint density at radius 2 is 1.12 bits per heavy atom. The molecule has 7 heteroatoms. The standard InChI is InChI=1S/C19H20O7/c1-22-14-6-11(9-20)13(8-15(14)23-2)17-12(10-21)7-16(24-3)18(25-4)19(17)26-5/h6-10H,1-5H3. The van der Waals surface area contributed by atoms with Gasteiger partial charge in [0.15, 0.2) is 35.6 Å². The van der Waals surface area contributed by atoms with Gasteiger partial charge in [-0.2, -0.15) is 0 Å². The van der Waals surface area contributed by atoms with Gasteiger partial charge in [-0.15, -0.1) is 0 Å². The van der Waals surface area contributed by atoms with Crippen molar-refractivity contribution < 1.29 is 33.3 Å². The molecule has 0 saturated carbocycles. The van der Waals surface area contributed by atoms with E-state index in [1.54, 1.807) is 6.07 Å². The molecular formula is C19H20O7. The van der Waals surface area contributed by atoms with Gasteiger partial charge in [0.05, 0.1) is 35.5 Å². The number of carbonyl (C=O) groups excluding carboxylic acids is 2. The van der Waals surface area contributed by atoms with Crippen LogP contribution in [0.3, 0.4) is 0 Å². The average Bonchev–Trinajstić information content (AvgIpc) is 2.70. The van der Waals surface area contributed by atoms with Crippen molar-refractivity contribution in [3.05, 3.63) is 29.3 Å². The van der Waals surface area contributed by atoms with E-state index in [-0.39, 0.29) is 11.3 Å². The molecule has 0 spiro atoms. The molecule has 0 amide bonds. The van der Waals surface area contributed by atoms with Crippen LogP contribution in [0.15, 0.2) is 18.2 Å². The smallest absolute Gasteiger partial charge is 0.203 e. The van der Waals surface area contributed by atoms with Gasteiger partial charge in [0.25, 0.3) is 0 Å². The van der Waals surface area contributed by atoms with E-state index in [2.05, 4.69) is 0 Å². The topological polar surface area (TPSA) is 80.3 Å². The van der Waals surface area contributed by atoms with E-state index in [4.69, 9.17) is 23.7 Å². The average molecular weight is 360 g/mol. The number of methoxy groups -OCH3 is 5. The zero-order valence-corrected chi connectivity index (χ0v) is 15.2. The minimum atomic E-state index is 0.268. The molecule has 0 aliphatic heterocycles. The summed E-state index contributed by atoms with van der Waals surface area (Å²) in [5, 5.41) is 0. The number of carbonyl (C=O) groups is 2. The maximum absolute atomic E-state index is 11.7. The molecule has 2 aromatic carbocycles. The lowest BCUT2D eigenvalue weighted by Crippen LogP contribution is -2.03. The molecular weight excluding hydrogens is 340 g/mol. The highest BCUT2D eigenvalue weighted by Crippen LogP contribution is 2.48. The minimum absolute atomic E-state index is 0.268. The fourth-order valence-electron chi connectivity index (χ4n) is 2.75. The van der Waals surface area contributed by atoms with E-state index in [1.807, 2.05) is 0 Å². The summed E-state index contributed by atoms with van der Waals surface area (Å²) in [7, 11) is 7.31. The van der Waals surface area contributed by atoms with Gasteiger partial charge in [0.2, 0.25) is 5.75 Å². The highest BCUT2D eigenvalue weighted by atomic mass is 16.5. The Hall–Kier alpha value is -3.22. The second-order valence-corrected chi connectivity index (χ2v) is 5.14. The van der Waals surface area contributed by atoms with Crippen molar-refractivity contribution in [2.24, 2.45) is 0 Å². The molecule has 26 heavy (non-hydrogen) atoms. The van der Waals surface area contributed by atoms with E-state index in [0.29, 0.717) is 52.3 Å². The predicted octanol–water partition coefficient (Wildman–Crippen LogP) is 3.02. The normalized spacial score (nSPS) is 10.0. The molecule has 138 valence electrons. The fraction of sp³-hybridized carbons (Fsp3) is 0.263. The lowest BCUT2D eigenvalue weighted by atomic mass is 9.93. The third kappa shape index (κ3) is 3.15. The Balaban J connectivity index is 2.95. The first-order valence-corrected chi connectivity index (χ1v) is 7.59. The van der Waals surface area contributed by atoms with Gasteiger partial charge in [-0.3, -0.25) is 9.59 Å². The zero-order chi connectivity index (χ0) is 19.3. The molecule has 2 aromatic rings. The van der Waals surface area contributed by atoms with E-state index < -0.39 is 0 Å². The van der Waals surface area contributed by atoms with Crippen LogP contribution in [0.4, 0.5) is 0 Å². The van der Waals surface area contributed by atoms with Gasteiger partial charge in [-0.05, 0) is 18.2 Å². The van der Waals surface area contributed by atoms with Crippen LogP contribution < -0.4 is 23.7 Å². The van der Waals surface area contributed by atoms with Crippen molar-refractivity contribution in [3.8, 4) is 39.9 Å². The molecule has 7 nitrogen and oxygen atoms in total. The Kier molecular flexibility index (Phi) is 6.06. The van der Waals surface area contributed by atoms with Crippen LogP contribution in [0, 0.1) is 0 Å². The molecule has 0 radical (unpaired) electrons. The molecule has 0 aromatic heterocycles. The zero-order valence-electron chi connectivity index (χ0n) is 15.2. The van der Waals surface area contributed by atoms with E-state index >= 15 is 0 Å². The lowest BCUT2D eigenvalue weighted by molar-refractivity contribution is 0.111. The van der Waals surface area contributed by atoms with Gasteiger partial charge >= 0.3 is 0 Å². The van der Waals surface area contributed by atoms with Gasteiger partial charge in [-0.1, -0.05) is 0 Å². The monoisotopic (exact) mass is 360 g/mol. The summed E-state index contributed by atoms with van der Waals surface area (Å²) in [6.45, 7) is 0. The first kappa shape index (κ1) is 19.1. The number of hydrogen-bond donors (Lipinski definition) is 0. The Morgan fingerprint density at radius 3 is 1.58 bits per heavy atom. The number of ether oxygens (including phenoxy) is 5. The molecule has 0 heterocycles. The summed E-state index contributed by atoms with van der Waals surface area (Å²) >= 11 is 0. The molecule has 0 N–H and O–H groups in total. The summed E-state index contributed by atoms with van der Waals surface area (Å²) in [5.41, 5.74) is 1.41. The summed E-state index contributed by atoms with van der Waals surface area (Å²) in [5.74, 6) is 1.71. The van der Waals surface area contributed by atoms with E-state index in [1.165, 1.54) is 47.7 Å². The summed E-state index contributed by atoms with van der Waals surface area (Å²) in [6.07, 6.45) is 1.33. The van der Waals surface area contributed by atoms with Gasteiger partial charge in [-0.25, -0.2) is 0 Å². The van der Waals surface area contributed by atoms with Crippen LogP contribution in [-0.2, 0) is 0 Å². The highest BCUT2D eigenvalue weighted by molar-refractivity contribution is 5.99. The Labute approximate surface area is 151 Å². The van der Waals surface area contributed by atoms with Crippen LogP contribution in [0.5, 0.6) is 28.7 Å². The molecule has 2 rings (SSSR count). The maximum atomic E-state index is 11.7.